The monoisotopic (exact) mass is 208 g/mol. The highest BCUT2D eigenvalue weighted by atomic mass is 16.5. The first-order chi connectivity index (χ1) is 6.86. The van der Waals surface area contributed by atoms with Gasteiger partial charge < -0.3 is 9.84 Å². The van der Waals surface area contributed by atoms with Crippen LogP contribution in [0.5, 0.6) is 5.75 Å². The van der Waals surface area contributed by atoms with Crippen LogP contribution in [0.3, 0.4) is 0 Å². The van der Waals surface area contributed by atoms with Crippen LogP contribution >= 0.6 is 0 Å². The zero-order chi connectivity index (χ0) is 11.6. The number of Topliss-reactive ketones (excluding diaryl/α,β-unsaturated/α-hetero) is 1. The van der Waals surface area contributed by atoms with Crippen molar-refractivity contribution in [2.24, 2.45) is 0 Å². The van der Waals surface area contributed by atoms with E-state index in [0.29, 0.717) is 11.3 Å². The fraction of sp³-hybridized carbons (Fsp3) is 0.417. The summed E-state index contributed by atoms with van der Waals surface area (Å²) < 4.78 is 5.04. The summed E-state index contributed by atoms with van der Waals surface area (Å²) in [7, 11) is 1.58. The molecule has 0 unspecified atom stereocenters. The number of benzene rings is 1. The van der Waals surface area contributed by atoms with Gasteiger partial charge in [0.25, 0.3) is 0 Å². The predicted octanol–water partition coefficient (Wildman–Crippen LogP) is 1.96. The number of ether oxygens (including phenoxy) is 1. The third-order valence-corrected chi connectivity index (χ3v) is 2.23. The van der Waals surface area contributed by atoms with Gasteiger partial charge >= 0.3 is 0 Å². The Kier molecular flexibility index (Phi) is 3.15. The minimum absolute atomic E-state index is 0.275. The van der Waals surface area contributed by atoms with Crippen molar-refractivity contribution in [3.05, 3.63) is 29.3 Å². The number of aryl methyl sites for hydroxylation is 1. The molecule has 0 radical (unpaired) electrons. The molecule has 1 rings (SSSR count). The number of hydrogen-bond acceptors (Lipinski definition) is 3. The number of carbonyl (C=O) groups excluding carboxylic acids is 1. The topological polar surface area (TPSA) is 46.5 Å². The van der Waals surface area contributed by atoms with Crippen molar-refractivity contribution in [2.75, 3.05) is 7.11 Å². The van der Waals surface area contributed by atoms with E-state index < -0.39 is 5.60 Å². The van der Waals surface area contributed by atoms with Crippen LogP contribution < -0.4 is 4.74 Å². The Labute approximate surface area is 89.7 Å². The van der Waals surface area contributed by atoms with Crippen LogP contribution in [0, 0.1) is 6.92 Å². The first-order valence-electron chi connectivity index (χ1n) is 4.78. The summed E-state index contributed by atoms with van der Waals surface area (Å²) in [6.07, 6.45) is 0. The Hall–Kier alpha value is -1.35. The minimum Gasteiger partial charge on any atom is -0.497 e. The molecule has 0 aromatic heterocycles. The molecule has 0 aliphatic carbocycles. The van der Waals surface area contributed by atoms with Gasteiger partial charge in [0, 0.05) is 5.56 Å². The van der Waals surface area contributed by atoms with Crippen molar-refractivity contribution in [3.63, 3.8) is 0 Å². The fourth-order valence-electron chi connectivity index (χ4n) is 1.35. The highest BCUT2D eigenvalue weighted by Crippen LogP contribution is 2.20. The lowest BCUT2D eigenvalue weighted by Gasteiger charge is -2.17. The average Bonchev–Trinajstić information content (AvgIpc) is 2.15. The van der Waals surface area contributed by atoms with Crippen LogP contribution in [0.25, 0.3) is 0 Å². The molecule has 0 spiro atoms. The summed E-state index contributed by atoms with van der Waals surface area (Å²) in [6, 6.07) is 5.17. The molecule has 1 aromatic rings. The third-order valence-electron chi connectivity index (χ3n) is 2.23. The van der Waals surface area contributed by atoms with Crippen molar-refractivity contribution >= 4 is 5.78 Å². The third kappa shape index (κ3) is 2.57. The van der Waals surface area contributed by atoms with E-state index >= 15 is 0 Å². The first kappa shape index (κ1) is 11.7. The van der Waals surface area contributed by atoms with E-state index in [9.17, 15) is 9.90 Å². The minimum atomic E-state index is -1.33. The van der Waals surface area contributed by atoms with Gasteiger partial charge in [0.15, 0.2) is 5.78 Å². The zero-order valence-electron chi connectivity index (χ0n) is 9.50. The van der Waals surface area contributed by atoms with E-state index in [-0.39, 0.29) is 5.78 Å². The molecule has 0 saturated carbocycles. The molecular formula is C12H16O3. The quantitative estimate of drug-likeness (QED) is 0.772. The molecule has 15 heavy (non-hydrogen) atoms. The molecule has 0 atom stereocenters. The van der Waals surface area contributed by atoms with Crippen molar-refractivity contribution < 1.29 is 14.6 Å². The number of ketones is 1. The van der Waals surface area contributed by atoms with Gasteiger partial charge in [-0.2, -0.15) is 0 Å². The number of hydrogen-bond donors (Lipinski definition) is 1. The van der Waals surface area contributed by atoms with Gasteiger partial charge in [-0.05, 0) is 44.5 Å². The van der Waals surface area contributed by atoms with Crippen LogP contribution in [0.15, 0.2) is 18.2 Å². The van der Waals surface area contributed by atoms with Crippen molar-refractivity contribution in [1.82, 2.24) is 0 Å². The summed E-state index contributed by atoms with van der Waals surface area (Å²) >= 11 is 0. The molecule has 1 N–H and O–H groups in total. The molecule has 0 fully saturated rings. The van der Waals surface area contributed by atoms with E-state index in [1.807, 2.05) is 6.92 Å². The van der Waals surface area contributed by atoms with E-state index in [1.54, 1.807) is 25.3 Å². The van der Waals surface area contributed by atoms with Crippen LogP contribution in [-0.4, -0.2) is 23.6 Å². The molecule has 0 bridgehead atoms. The molecular weight excluding hydrogens is 192 g/mol. The molecule has 3 nitrogen and oxygen atoms in total. The van der Waals surface area contributed by atoms with Gasteiger partial charge in [-0.15, -0.1) is 0 Å². The summed E-state index contributed by atoms with van der Waals surface area (Å²) in [5, 5.41) is 9.61. The highest BCUT2D eigenvalue weighted by molar-refractivity contribution is 6.02. The number of aliphatic hydroxyl groups is 1. The second-order valence-corrected chi connectivity index (χ2v) is 4.07. The average molecular weight is 208 g/mol. The highest BCUT2D eigenvalue weighted by Gasteiger charge is 2.26. The molecule has 0 amide bonds. The van der Waals surface area contributed by atoms with Gasteiger partial charge in [0.2, 0.25) is 0 Å². The molecule has 3 heteroatoms. The summed E-state index contributed by atoms with van der Waals surface area (Å²) in [6.45, 7) is 4.79. The number of methoxy groups -OCH3 is 1. The summed E-state index contributed by atoms with van der Waals surface area (Å²) in [5.74, 6) is 0.433. The molecule has 82 valence electrons. The first-order valence-corrected chi connectivity index (χ1v) is 4.78. The van der Waals surface area contributed by atoms with E-state index in [4.69, 9.17) is 4.74 Å². The van der Waals surface area contributed by atoms with E-state index in [2.05, 4.69) is 0 Å². The lowest BCUT2D eigenvalue weighted by atomic mass is 9.94. The molecule has 0 heterocycles. The second-order valence-electron chi connectivity index (χ2n) is 4.07. The Morgan fingerprint density at radius 1 is 1.40 bits per heavy atom. The summed E-state index contributed by atoms with van der Waals surface area (Å²) in [5.41, 5.74) is 0.00377. The Balaban J connectivity index is 3.12. The Morgan fingerprint density at radius 2 is 2.00 bits per heavy atom. The fourth-order valence-corrected chi connectivity index (χ4v) is 1.35. The van der Waals surface area contributed by atoms with Crippen molar-refractivity contribution in [2.45, 2.75) is 26.4 Å². The smallest absolute Gasteiger partial charge is 0.194 e. The van der Waals surface area contributed by atoms with Gasteiger partial charge in [-0.1, -0.05) is 0 Å². The Morgan fingerprint density at radius 3 is 2.40 bits per heavy atom. The maximum atomic E-state index is 11.8. The largest absolute Gasteiger partial charge is 0.497 e. The summed E-state index contributed by atoms with van der Waals surface area (Å²) in [4.78, 5) is 11.8. The molecule has 1 aromatic carbocycles. The molecule has 0 aliphatic rings. The van der Waals surface area contributed by atoms with Crippen LogP contribution in [0.2, 0.25) is 0 Å². The maximum absolute atomic E-state index is 11.8. The lowest BCUT2D eigenvalue weighted by Crippen LogP contribution is -2.31. The van der Waals surface area contributed by atoms with Gasteiger partial charge in [-0.25, -0.2) is 0 Å². The van der Waals surface area contributed by atoms with Crippen LogP contribution in [0.4, 0.5) is 0 Å². The lowest BCUT2D eigenvalue weighted by molar-refractivity contribution is 0.0487. The Bertz CT molecular complexity index is 375. The molecule has 0 aliphatic heterocycles. The van der Waals surface area contributed by atoms with Gasteiger partial charge in [0.1, 0.15) is 11.4 Å². The maximum Gasteiger partial charge on any atom is 0.194 e. The van der Waals surface area contributed by atoms with E-state index in [1.165, 1.54) is 13.8 Å². The standard InChI is InChI=1S/C12H16O3/c1-8-7-9(15-4)5-6-10(8)11(13)12(2,3)14/h5-7,14H,1-4H3. The number of rotatable bonds is 3. The van der Waals surface area contributed by atoms with Crippen LogP contribution in [0.1, 0.15) is 29.8 Å². The second kappa shape index (κ2) is 4.03. The number of carbonyl (C=O) groups is 1. The SMILES string of the molecule is COc1ccc(C(=O)C(C)(C)O)c(C)c1. The van der Waals surface area contributed by atoms with Crippen molar-refractivity contribution in [3.8, 4) is 5.75 Å². The van der Waals surface area contributed by atoms with Crippen molar-refractivity contribution in [1.29, 1.82) is 0 Å². The van der Waals surface area contributed by atoms with Crippen LogP contribution in [-0.2, 0) is 0 Å². The van der Waals surface area contributed by atoms with Gasteiger partial charge in [0.05, 0.1) is 7.11 Å². The van der Waals surface area contributed by atoms with Gasteiger partial charge in [-0.3, -0.25) is 4.79 Å². The predicted molar refractivity (Wildman–Crippen MR) is 58.4 cm³/mol. The molecule has 0 saturated heterocycles. The zero-order valence-corrected chi connectivity index (χ0v) is 9.50. The normalized spacial score (nSPS) is 11.3. The van der Waals surface area contributed by atoms with E-state index in [0.717, 1.165) is 5.56 Å².